The molecule has 0 radical (unpaired) electrons. The molecule has 2 N–H and O–H groups in total. The van der Waals surface area contributed by atoms with Gasteiger partial charge in [0.2, 0.25) is 0 Å². The van der Waals surface area contributed by atoms with Crippen LogP contribution in [0.5, 0.6) is 0 Å². The Morgan fingerprint density at radius 3 is 1.38 bits per heavy atom. The molecule has 0 aliphatic rings. The molecule has 0 saturated carbocycles. The third-order valence-corrected chi connectivity index (χ3v) is 9.36. The van der Waals surface area contributed by atoms with E-state index in [-0.39, 0.29) is 0 Å². The van der Waals surface area contributed by atoms with Gasteiger partial charge in [0.25, 0.3) is 0 Å². The van der Waals surface area contributed by atoms with Crippen LogP contribution in [0, 0.1) is 0 Å². The van der Waals surface area contributed by atoms with E-state index in [0.717, 1.165) is 41.6 Å². The highest BCUT2D eigenvalue weighted by atomic mass is 33.1. The normalized spacial score (nSPS) is 11.6. The van der Waals surface area contributed by atoms with Gasteiger partial charge in [0.05, 0.1) is 19.4 Å². The Balaban J connectivity index is 1.31. The van der Waals surface area contributed by atoms with Gasteiger partial charge in [0.15, 0.2) is 0 Å². The topological polar surface area (TPSA) is 31.6 Å². The van der Waals surface area contributed by atoms with Gasteiger partial charge >= 0.3 is 0 Å². The van der Waals surface area contributed by atoms with Gasteiger partial charge in [-0.1, -0.05) is 97.2 Å². The number of benzene rings is 4. The third-order valence-electron chi connectivity index (χ3n) is 5.72. The number of aromatic nitrogens is 2. The van der Waals surface area contributed by atoms with Gasteiger partial charge in [-0.15, -0.1) is 0 Å². The minimum absolute atomic E-state index is 0.818. The largest absolute Gasteiger partial charge is 0.354 e. The first-order chi connectivity index (χ1) is 15.7. The molecule has 0 spiro atoms. The van der Waals surface area contributed by atoms with E-state index in [4.69, 9.17) is 24.4 Å². The molecular formula is C26H16N2S4. The van der Waals surface area contributed by atoms with E-state index in [2.05, 4.69) is 82.8 Å². The van der Waals surface area contributed by atoms with E-state index in [1.54, 1.807) is 21.6 Å². The fourth-order valence-corrected chi connectivity index (χ4v) is 6.87. The van der Waals surface area contributed by atoms with Crippen LogP contribution < -0.4 is 0 Å². The molecule has 0 aliphatic heterocycles. The first-order valence-electron chi connectivity index (χ1n) is 10.1. The highest BCUT2D eigenvalue weighted by Gasteiger charge is 2.15. The van der Waals surface area contributed by atoms with Crippen molar-refractivity contribution < 1.29 is 0 Å². The van der Waals surface area contributed by atoms with Crippen molar-refractivity contribution in [2.75, 3.05) is 0 Å². The van der Waals surface area contributed by atoms with Gasteiger partial charge < -0.3 is 9.97 Å². The average molecular weight is 485 g/mol. The van der Waals surface area contributed by atoms with Crippen LogP contribution in [-0.2, 0) is 0 Å². The fourth-order valence-electron chi connectivity index (χ4n) is 4.25. The van der Waals surface area contributed by atoms with Crippen LogP contribution in [0.15, 0.2) is 84.9 Å². The van der Waals surface area contributed by atoms with Crippen molar-refractivity contribution in [2.45, 2.75) is 0 Å². The summed E-state index contributed by atoms with van der Waals surface area (Å²) >= 11 is 11.6. The highest BCUT2D eigenvalue weighted by molar-refractivity contribution is 8.90. The summed E-state index contributed by atoms with van der Waals surface area (Å²) in [6, 6.07) is 29.3. The maximum Gasteiger partial charge on any atom is 0.0910 e. The molecule has 0 saturated heterocycles. The van der Waals surface area contributed by atoms with Crippen LogP contribution in [-0.4, -0.2) is 18.4 Å². The minimum Gasteiger partial charge on any atom is -0.354 e. The zero-order valence-corrected chi connectivity index (χ0v) is 20.0. The lowest BCUT2D eigenvalue weighted by molar-refractivity contribution is 1.54. The maximum absolute atomic E-state index is 5.82. The Morgan fingerprint density at radius 2 is 0.906 bits per heavy atom. The van der Waals surface area contributed by atoms with Crippen molar-refractivity contribution in [3.8, 4) is 0 Å². The Labute approximate surface area is 203 Å². The number of H-pyrrole nitrogens is 2. The second kappa shape index (κ2) is 8.05. The van der Waals surface area contributed by atoms with E-state index in [1.165, 1.54) is 21.5 Å². The molecule has 2 nitrogen and oxygen atoms in total. The lowest BCUT2D eigenvalue weighted by atomic mass is 10.1. The van der Waals surface area contributed by atoms with Crippen molar-refractivity contribution >= 4 is 98.0 Å². The Kier molecular flexibility index (Phi) is 5.03. The van der Waals surface area contributed by atoms with Gasteiger partial charge in [-0.3, -0.25) is 0 Å². The molecule has 6 heteroatoms. The number of hydrogen-bond acceptors (Lipinski definition) is 4. The molecule has 0 fully saturated rings. The fraction of sp³-hybridized carbons (Fsp3) is 0. The standard InChI is InChI=1S/C26H16N2S4/c29-25(19-11-5-9-17-15-7-1-3-13-21(15)27-23(17)19)31-32-26(30)20-12-6-10-18-16-8-2-4-14-22(16)28-24(18)20/h1-14,27-28H. The first-order valence-corrected chi connectivity index (χ1v) is 13.1. The van der Waals surface area contributed by atoms with Gasteiger partial charge in [-0.25, -0.2) is 0 Å². The second-order valence-corrected chi connectivity index (χ2v) is 11.0. The van der Waals surface area contributed by atoms with Crippen LogP contribution in [0.25, 0.3) is 43.6 Å². The Morgan fingerprint density at radius 1 is 0.500 bits per heavy atom. The van der Waals surface area contributed by atoms with Crippen molar-refractivity contribution in [2.24, 2.45) is 0 Å². The van der Waals surface area contributed by atoms with Gasteiger partial charge in [-0.05, 0) is 33.7 Å². The van der Waals surface area contributed by atoms with Crippen LogP contribution in [0.2, 0.25) is 0 Å². The molecule has 2 aromatic heterocycles. The third kappa shape index (κ3) is 3.26. The van der Waals surface area contributed by atoms with Crippen LogP contribution in [0.1, 0.15) is 11.1 Å². The zero-order valence-electron chi connectivity index (χ0n) is 16.7. The average Bonchev–Trinajstić information content (AvgIpc) is 3.40. The molecule has 0 amide bonds. The molecule has 0 bridgehead atoms. The van der Waals surface area contributed by atoms with Crippen LogP contribution in [0.3, 0.4) is 0 Å². The van der Waals surface area contributed by atoms with E-state index in [1.807, 2.05) is 12.1 Å². The van der Waals surface area contributed by atoms with Gasteiger partial charge in [0, 0.05) is 43.7 Å². The van der Waals surface area contributed by atoms with E-state index < -0.39 is 0 Å². The smallest absolute Gasteiger partial charge is 0.0910 e. The van der Waals surface area contributed by atoms with Crippen molar-refractivity contribution in [1.82, 2.24) is 9.97 Å². The predicted molar refractivity (Wildman–Crippen MR) is 150 cm³/mol. The maximum atomic E-state index is 5.82. The molecule has 0 aliphatic carbocycles. The highest BCUT2D eigenvalue weighted by Crippen LogP contribution is 2.37. The molecule has 32 heavy (non-hydrogen) atoms. The first kappa shape index (κ1) is 20.0. The number of rotatable bonds is 2. The van der Waals surface area contributed by atoms with E-state index in [0.29, 0.717) is 0 Å². The van der Waals surface area contributed by atoms with Crippen molar-refractivity contribution in [3.05, 3.63) is 96.1 Å². The number of para-hydroxylation sites is 4. The predicted octanol–water partition coefficient (Wildman–Crippen LogP) is 8.39. The summed E-state index contributed by atoms with van der Waals surface area (Å²) in [5.41, 5.74) is 6.48. The van der Waals surface area contributed by atoms with Gasteiger partial charge in [-0.2, -0.15) is 0 Å². The Bertz CT molecular complexity index is 1550. The number of hydrogen-bond donors (Lipinski definition) is 2. The zero-order chi connectivity index (χ0) is 21.7. The quantitative estimate of drug-likeness (QED) is 0.191. The summed E-state index contributed by atoms with van der Waals surface area (Å²) in [6.45, 7) is 0. The summed E-state index contributed by atoms with van der Waals surface area (Å²) in [6.07, 6.45) is 0. The van der Waals surface area contributed by atoms with E-state index >= 15 is 0 Å². The molecule has 0 atom stereocenters. The minimum atomic E-state index is 0.818. The molecular weight excluding hydrogens is 469 g/mol. The summed E-state index contributed by atoms with van der Waals surface area (Å²) in [5, 5.41) is 4.81. The summed E-state index contributed by atoms with van der Waals surface area (Å²) < 4.78 is 1.64. The number of fused-ring (bicyclic) bond motifs is 6. The molecule has 6 aromatic rings. The van der Waals surface area contributed by atoms with E-state index in [9.17, 15) is 0 Å². The lowest BCUT2D eigenvalue weighted by Gasteiger charge is -2.07. The van der Waals surface area contributed by atoms with Crippen molar-refractivity contribution in [1.29, 1.82) is 0 Å². The number of nitrogens with one attached hydrogen (secondary N) is 2. The van der Waals surface area contributed by atoms with Gasteiger partial charge in [0.1, 0.15) is 0 Å². The molecule has 4 aromatic carbocycles. The molecule has 2 heterocycles. The monoisotopic (exact) mass is 484 g/mol. The SMILES string of the molecule is S=C(SSC(=S)c1cccc2c1[nH]c1ccccc12)c1cccc2c1[nH]c1ccccc12. The molecule has 6 rings (SSSR count). The summed E-state index contributed by atoms with van der Waals surface area (Å²) in [5.74, 6) is 0. The molecule has 154 valence electrons. The number of aromatic amines is 2. The molecule has 0 unspecified atom stereocenters. The second-order valence-electron chi connectivity index (χ2n) is 7.54. The van der Waals surface area contributed by atoms with Crippen LogP contribution >= 0.6 is 46.0 Å². The summed E-state index contributed by atoms with van der Waals surface area (Å²) in [7, 11) is 3.09. The van der Waals surface area contributed by atoms with Crippen molar-refractivity contribution in [3.63, 3.8) is 0 Å². The summed E-state index contributed by atoms with van der Waals surface area (Å²) in [4.78, 5) is 7.08. The van der Waals surface area contributed by atoms with Crippen LogP contribution in [0.4, 0.5) is 0 Å². The Hall–Kier alpha value is -2.64. The number of thiocarbonyl (C=S) groups is 2. The lowest BCUT2D eigenvalue weighted by Crippen LogP contribution is -1.95.